The molecule has 3 aromatic carbocycles. The maximum atomic E-state index is 12.8. The van der Waals surface area contributed by atoms with Gasteiger partial charge < -0.3 is 9.47 Å². The Morgan fingerprint density at radius 2 is 1.68 bits per heavy atom. The van der Waals surface area contributed by atoms with Gasteiger partial charge in [-0.1, -0.05) is 68.8 Å². The predicted molar refractivity (Wildman–Crippen MR) is 125 cm³/mol. The molecule has 0 spiro atoms. The summed E-state index contributed by atoms with van der Waals surface area (Å²) in [6.45, 7) is 11.2. The first-order chi connectivity index (χ1) is 14.7. The quantitative estimate of drug-likeness (QED) is 0.442. The average Bonchev–Trinajstić information content (AvgIpc) is 3.03. The Hall–Kier alpha value is -3.33. The maximum Gasteiger partial charge on any atom is 0.231 e. The van der Waals surface area contributed by atoms with Crippen molar-refractivity contribution in [3.05, 3.63) is 99.8 Å². The largest absolute Gasteiger partial charge is 0.489 e. The zero-order valence-electron chi connectivity index (χ0n) is 18.8. The first-order valence-corrected chi connectivity index (χ1v) is 10.6. The minimum atomic E-state index is -0.101. The third-order valence-electron chi connectivity index (χ3n) is 5.61. The van der Waals surface area contributed by atoms with Crippen molar-refractivity contribution < 1.29 is 14.3 Å². The van der Waals surface area contributed by atoms with E-state index in [0.29, 0.717) is 29.4 Å². The molecule has 0 radical (unpaired) electrons. The van der Waals surface area contributed by atoms with Crippen LogP contribution in [-0.2, 0) is 12.0 Å². The first kappa shape index (κ1) is 20.9. The molecular weight excluding hydrogens is 384 g/mol. The summed E-state index contributed by atoms with van der Waals surface area (Å²) in [5.74, 6) is 1.46. The van der Waals surface area contributed by atoms with Gasteiger partial charge >= 0.3 is 0 Å². The highest BCUT2D eigenvalue weighted by molar-refractivity contribution is 6.14. The number of fused-ring (bicyclic) bond motifs is 1. The van der Waals surface area contributed by atoms with Crippen LogP contribution in [0.25, 0.3) is 6.08 Å². The smallest absolute Gasteiger partial charge is 0.231 e. The van der Waals surface area contributed by atoms with E-state index in [2.05, 4.69) is 65.0 Å². The summed E-state index contributed by atoms with van der Waals surface area (Å²) in [5.41, 5.74) is 6.40. The molecule has 1 heterocycles. The van der Waals surface area contributed by atoms with Crippen molar-refractivity contribution in [3.8, 4) is 11.5 Å². The number of Topliss-reactive ketones (excluding diaryl/α,β-unsaturated/α-hetero) is 1. The molecule has 0 aliphatic carbocycles. The SMILES string of the molecule is Cc1ccc(C)c(COc2ccc3c(c2)OC(=Cc2ccc(C(C)(C)C)cc2)C3=O)c1. The summed E-state index contributed by atoms with van der Waals surface area (Å²) < 4.78 is 11.9. The van der Waals surface area contributed by atoms with Gasteiger partial charge in [0.1, 0.15) is 18.1 Å². The Bertz CT molecular complexity index is 1160. The lowest BCUT2D eigenvalue weighted by molar-refractivity contribution is 0.101. The summed E-state index contributed by atoms with van der Waals surface area (Å²) in [6, 6.07) is 20.0. The molecule has 0 N–H and O–H groups in total. The molecule has 3 aromatic rings. The molecule has 31 heavy (non-hydrogen) atoms. The van der Waals surface area contributed by atoms with E-state index in [0.717, 1.165) is 11.1 Å². The highest BCUT2D eigenvalue weighted by atomic mass is 16.5. The molecule has 0 amide bonds. The molecule has 3 heteroatoms. The molecule has 3 nitrogen and oxygen atoms in total. The Morgan fingerprint density at radius 1 is 0.935 bits per heavy atom. The molecule has 158 valence electrons. The molecule has 0 saturated heterocycles. The number of carbonyl (C=O) groups excluding carboxylic acids is 1. The number of ether oxygens (including phenoxy) is 2. The van der Waals surface area contributed by atoms with E-state index in [4.69, 9.17) is 9.47 Å². The predicted octanol–water partition coefficient (Wildman–Crippen LogP) is 6.80. The lowest BCUT2D eigenvalue weighted by atomic mass is 9.86. The summed E-state index contributed by atoms with van der Waals surface area (Å²) >= 11 is 0. The van der Waals surface area contributed by atoms with E-state index in [9.17, 15) is 4.79 Å². The van der Waals surface area contributed by atoms with Gasteiger partial charge in [0, 0.05) is 6.07 Å². The third-order valence-corrected chi connectivity index (χ3v) is 5.61. The van der Waals surface area contributed by atoms with E-state index in [-0.39, 0.29) is 11.2 Å². The van der Waals surface area contributed by atoms with Crippen molar-refractivity contribution in [2.24, 2.45) is 0 Å². The van der Waals surface area contributed by atoms with Gasteiger partial charge in [0.15, 0.2) is 5.76 Å². The fourth-order valence-corrected chi connectivity index (χ4v) is 3.60. The maximum absolute atomic E-state index is 12.8. The van der Waals surface area contributed by atoms with Crippen LogP contribution >= 0.6 is 0 Å². The van der Waals surface area contributed by atoms with Crippen LogP contribution in [0.5, 0.6) is 11.5 Å². The van der Waals surface area contributed by atoms with E-state index < -0.39 is 0 Å². The van der Waals surface area contributed by atoms with Crippen molar-refractivity contribution in [2.75, 3.05) is 0 Å². The lowest BCUT2D eigenvalue weighted by Crippen LogP contribution is -2.10. The number of ketones is 1. The second-order valence-electron chi connectivity index (χ2n) is 9.19. The summed E-state index contributed by atoms with van der Waals surface area (Å²) in [4.78, 5) is 12.8. The number of hydrogen-bond acceptors (Lipinski definition) is 3. The Balaban J connectivity index is 1.50. The number of rotatable bonds is 4. The molecule has 0 fully saturated rings. The van der Waals surface area contributed by atoms with Crippen LogP contribution in [0.2, 0.25) is 0 Å². The van der Waals surface area contributed by atoms with Crippen molar-refractivity contribution in [2.45, 2.75) is 46.6 Å². The van der Waals surface area contributed by atoms with Crippen LogP contribution in [0.4, 0.5) is 0 Å². The van der Waals surface area contributed by atoms with Crippen LogP contribution in [-0.4, -0.2) is 5.78 Å². The molecule has 0 bridgehead atoms. The van der Waals surface area contributed by atoms with Crippen molar-refractivity contribution in [3.63, 3.8) is 0 Å². The zero-order chi connectivity index (χ0) is 22.2. The van der Waals surface area contributed by atoms with Gasteiger partial charge in [-0.25, -0.2) is 0 Å². The first-order valence-electron chi connectivity index (χ1n) is 10.6. The van der Waals surface area contributed by atoms with E-state index >= 15 is 0 Å². The van der Waals surface area contributed by atoms with Crippen molar-refractivity contribution >= 4 is 11.9 Å². The lowest BCUT2D eigenvalue weighted by Gasteiger charge is -2.18. The fraction of sp³-hybridized carbons (Fsp3) is 0.250. The Morgan fingerprint density at radius 3 is 2.39 bits per heavy atom. The molecule has 1 aliphatic rings. The molecule has 0 saturated carbocycles. The molecule has 0 unspecified atom stereocenters. The minimum Gasteiger partial charge on any atom is -0.489 e. The Labute approximate surface area is 184 Å². The number of carbonyl (C=O) groups is 1. The number of allylic oxidation sites excluding steroid dienone is 1. The van der Waals surface area contributed by atoms with Gasteiger partial charge in [-0.2, -0.15) is 0 Å². The number of benzene rings is 3. The van der Waals surface area contributed by atoms with Gasteiger partial charge in [0.2, 0.25) is 5.78 Å². The van der Waals surface area contributed by atoms with E-state index in [1.807, 2.05) is 18.2 Å². The normalized spacial score (nSPS) is 14.5. The zero-order valence-corrected chi connectivity index (χ0v) is 18.8. The fourth-order valence-electron chi connectivity index (χ4n) is 3.60. The van der Waals surface area contributed by atoms with Gasteiger partial charge in [0.25, 0.3) is 0 Å². The Kier molecular flexibility index (Phi) is 5.45. The monoisotopic (exact) mass is 412 g/mol. The van der Waals surface area contributed by atoms with Gasteiger partial charge in [-0.05, 0) is 59.7 Å². The third kappa shape index (κ3) is 4.56. The van der Waals surface area contributed by atoms with E-state index in [1.165, 1.54) is 16.7 Å². The second-order valence-corrected chi connectivity index (χ2v) is 9.19. The van der Waals surface area contributed by atoms with Crippen molar-refractivity contribution in [1.82, 2.24) is 0 Å². The second kappa shape index (κ2) is 8.07. The minimum absolute atomic E-state index is 0.0922. The molecule has 4 rings (SSSR count). The van der Waals surface area contributed by atoms with Gasteiger partial charge in [-0.15, -0.1) is 0 Å². The van der Waals surface area contributed by atoms with Crippen LogP contribution in [0.15, 0.2) is 66.4 Å². The van der Waals surface area contributed by atoms with Crippen molar-refractivity contribution in [1.29, 1.82) is 0 Å². The molecule has 1 aliphatic heterocycles. The number of hydrogen-bond donors (Lipinski definition) is 0. The van der Waals surface area contributed by atoms with Crippen LogP contribution in [0, 0.1) is 13.8 Å². The van der Waals surface area contributed by atoms with Gasteiger partial charge in [0.05, 0.1) is 5.56 Å². The highest BCUT2D eigenvalue weighted by Crippen LogP contribution is 2.35. The topological polar surface area (TPSA) is 35.5 Å². The number of aryl methyl sites for hydroxylation is 2. The van der Waals surface area contributed by atoms with E-state index in [1.54, 1.807) is 18.2 Å². The molecular formula is C28H28O3. The molecule has 0 aromatic heterocycles. The average molecular weight is 413 g/mol. The summed E-state index contributed by atoms with van der Waals surface area (Å²) in [5, 5.41) is 0. The van der Waals surface area contributed by atoms with Crippen LogP contribution in [0.3, 0.4) is 0 Å². The highest BCUT2D eigenvalue weighted by Gasteiger charge is 2.27. The van der Waals surface area contributed by atoms with Crippen LogP contribution < -0.4 is 9.47 Å². The van der Waals surface area contributed by atoms with Gasteiger partial charge in [-0.3, -0.25) is 4.79 Å². The van der Waals surface area contributed by atoms with Crippen LogP contribution in [0.1, 0.15) is 58.9 Å². The summed E-state index contributed by atoms with van der Waals surface area (Å²) in [6.07, 6.45) is 1.80. The summed E-state index contributed by atoms with van der Waals surface area (Å²) in [7, 11) is 0. The standard InChI is InChI=1S/C28H28O3/c1-18-6-7-19(2)21(14-18)17-30-23-12-13-24-25(16-23)31-26(27(24)29)15-20-8-10-22(11-9-20)28(3,4)5/h6-16H,17H2,1-5H3. The molecule has 0 atom stereocenters.